The Labute approximate surface area is 136 Å². The molecule has 4 nitrogen and oxygen atoms in total. The number of amides is 1. The van der Waals surface area contributed by atoms with Crippen LogP contribution in [0.2, 0.25) is 0 Å². The smallest absolute Gasteiger partial charge is 0.238 e. The summed E-state index contributed by atoms with van der Waals surface area (Å²) < 4.78 is 13.1. The molecule has 3 N–H and O–H groups in total. The third-order valence-electron chi connectivity index (χ3n) is 4.71. The van der Waals surface area contributed by atoms with Crippen LogP contribution in [-0.4, -0.2) is 36.5 Å². The van der Waals surface area contributed by atoms with Crippen molar-refractivity contribution in [2.24, 2.45) is 17.6 Å². The largest absolute Gasteiger partial charge is 0.327 e. The number of carbonyl (C=O) groups excluding carboxylic acids is 1. The van der Waals surface area contributed by atoms with E-state index in [1.807, 2.05) is 0 Å². The van der Waals surface area contributed by atoms with Crippen molar-refractivity contribution in [3.63, 3.8) is 0 Å². The quantitative estimate of drug-likeness (QED) is 0.895. The van der Waals surface area contributed by atoms with Crippen molar-refractivity contribution in [2.45, 2.75) is 25.3 Å². The first-order valence-corrected chi connectivity index (χ1v) is 7.65. The number of rotatable bonds is 3. The number of nitrogens with one attached hydrogen (secondary N) is 1. The number of nitrogens with two attached hydrogens (primary N) is 1. The summed E-state index contributed by atoms with van der Waals surface area (Å²) in [6.45, 7) is 2.22. The number of nitrogens with zero attached hydrogens (tertiary/aromatic N) is 1. The van der Waals surface area contributed by atoms with Gasteiger partial charge in [0, 0.05) is 24.8 Å². The Morgan fingerprint density at radius 1 is 1.36 bits per heavy atom. The summed E-state index contributed by atoms with van der Waals surface area (Å²) in [5.74, 6) is 0.732. The number of hydrogen-bond donors (Lipinski definition) is 2. The van der Waals surface area contributed by atoms with Gasteiger partial charge in [0.15, 0.2) is 0 Å². The maximum Gasteiger partial charge on any atom is 0.238 e. The van der Waals surface area contributed by atoms with Crippen LogP contribution in [0, 0.1) is 17.7 Å². The fourth-order valence-corrected chi connectivity index (χ4v) is 3.71. The van der Waals surface area contributed by atoms with Crippen molar-refractivity contribution in [2.75, 3.05) is 25.0 Å². The van der Waals surface area contributed by atoms with Gasteiger partial charge in [0.05, 0.1) is 6.54 Å². The van der Waals surface area contributed by atoms with Crippen LogP contribution in [0.3, 0.4) is 0 Å². The van der Waals surface area contributed by atoms with Gasteiger partial charge in [-0.15, -0.1) is 12.4 Å². The standard InChI is InChI=1S/C16H22FN3O.ClH/c17-12-4-2-5-13(7-12)19-16(21)10-20-8-11-3-1-6-15(18)14(11)9-20;/h2,4-5,7,11,14-15H,1,3,6,8-10,18H2,(H,19,21);1H. The molecule has 2 fully saturated rings. The van der Waals surface area contributed by atoms with Gasteiger partial charge in [-0.3, -0.25) is 9.69 Å². The molecular formula is C16H23ClFN3O. The average Bonchev–Trinajstić information content (AvgIpc) is 2.82. The molecular weight excluding hydrogens is 305 g/mol. The highest BCUT2D eigenvalue weighted by molar-refractivity contribution is 5.92. The van der Waals surface area contributed by atoms with E-state index in [-0.39, 0.29) is 30.2 Å². The molecule has 0 bridgehead atoms. The van der Waals surface area contributed by atoms with Crippen molar-refractivity contribution < 1.29 is 9.18 Å². The average molecular weight is 328 g/mol. The molecule has 1 saturated carbocycles. The third kappa shape index (κ3) is 3.97. The highest BCUT2D eigenvalue weighted by atomic mass is 35.5. The van der Waals surface area contributed by atoms with Crippen LogP contribution < -0.4 is 11.1 Å². The summed E-state index contributed by atoms with van der Waals surface area (Å²) in [6.07, 6.45) is 3.52. The Bertz CT molecular complexity index is 528. The molecule has 22 heavy (non-hydrogen) atoms. The first-order chi connectivity index (χ1) is 10.1. The van der Waals surface area contributed by atoms with Crippen LogP contribution in [0.25, 0.3) is 0 Å². The minimum atomic E-state index is -0.342. The first-order valence-electron chi connectivity index (χ1n) is 7.65. The monoisotopic (exact) mass is 327 g/mol. The molecule has 3 rings (SSSR count). The van der Waals surface area contributed by atoms with E-state index in [9.17, 15) is 9.18 Å². The van der Waals surface area contributed by atoms with Gasteiger partial charge in [-0.25, -0.2) is 4.39 Å². The Balaban J connectivity index is 0.00000176. The summed E-state index contributed by atoms with van der Waals surface area (Å²) in [7, 11) is 0. The van der Waals surface area contributed by atoms with Gasteiger partial charge in [0.1, 0.15) is 5.82 Å². The number of benzene rings is 1. The second-order valence-corrected chi connectivity index (χ2v) is 6.27. The lowest BCUT2D eigenvalue weighted by atomic mass is 9.78. The molecule has 0 radical (unpaired) electrons. The number of halogens is 2. The summed E-state index contributed by atoms with van der Waals surface area (Å²) in [6, 6.07) is 6.26. The van der Waals surface area contributed by atoms with Gasteiger partial charge in [-0.2, -0.15) is 0 Å². The zero-order valence-corrected chi connectivity index (χ0v) is 13.3. The van der Waals surface area contributed by atoms with Crippen molar-refractivity contribution in [3.8, 4) is 0 Å². The molecule has 2 aliphatic rings. The SMILES string of the molecule is Cl.NC1CCCC2CN(CC(=O)Nc3cccc(F)c3)CC12. The fourth-order valence-electron chi connectivity index (χ4n) is 3.71. The van der Waals surface area contributed by atoms with E-state index in [1.54, 1.807) is 12.1 Å². The molecule has 1 saturated heterocycles. The lowest BCUT2D eigenvalue weighted by Crippen LogP contribution is -2.38. The molecule has 6 heteroatoms. The van der Waals surface area contributed by atoms with E-state index in [2.05, 4.69) is 10.2 Å². The molecule has 1 aliphatic carbocycles. The van der Waals surface area contributed by atoms with Crippen molar-refractivity contribution in [1.29, 1.82) is 0 Å². The summed E-state index contributed by atoms with van der Waals surface area (Å²) in [5.41, 5.74) is 6.69. The highest BCUT2D eigenvalue weighted by Gasteiger charge is 2.38. The van der Waals surface area contributed by atoms with E-state index in [0.717, 1.165) is 19.5 Å². The Morgan fingerprint density at radius 3 is 2.91 bits per heavy atom. The molecule has 3 atom stereocenters. The zero-order chi connectivity index (χ0) is 14.8. The molecule has 1 amide bonds. The predicted molar refractivity (Wildman–Crippen MR) is 87.5 cm³/mol. The second kappa shape index (κ2) is 7.40. The molecule has 1 aliphatic heterocycles. The molecule has 122 valence electrons. The van der Waals surface area contributed by atoms with Crippen LogP contribution in [0.1, 0.15) is 19.3 Å². The van der Waals surface area contributed by atoms with Gasteiger partial charge in [0.25, 0.3) is 0 Å². The molecule has 1 aromatic rings. The van der Waals surface area contributed by atoms with Crippen LogP contribution in [0.5, 0.6) is 0 Å². The maximum absolute atomic E-state index is 13.1. The molecule has 0 spiro atoms. The van der Waals surface area contributed by atoms with Crippen molar-refractivity contribution >= 4 is 24.0 Å². The summed E-state index contributed by atoms with van der Waals surface area (Å²) >= 11 is 0. The minimum absolute atomic E-state index is 0. The van der Waals surface area contributed by atoms with Crippen molar-refractivity contribution in [1.82, 2.24) is 4.90 Å². The zero-order valence-electron chi connectivity index (χ0n) is 12.5. The maximum atomic E-state index is 13.1. The second-order valence-electron chi connectivity index (χ2n) is 6.27. The third-order valence-corrected chi connectivity index (χ3v) is 4.71. The van der Waals surface area contributed by atoms with Gasteiger partial charge in [-0.1, -0.05) is 12.5 Å². The van der Waals surface area contributed by atoms with Gasteiger partial charge in [-0.05, 0) is 42.9 Å². The Hall–Kier alpha value is -1.17. The van der Waals surface area contributed by atoms with Gasteiger partial charge in [0.2, 0.25) is 5.91 Å². The Morgan fingerprint density at radius 2 is 2.18 bits per heavy atom. The topological polar surface area (TPSA) is 58.4 Å². The molecule has 0 aromatic heterocycles. The van der Waals surface area contributed by atoms with Crippen LogP contribution in [0.4, 0.5) is 10.1 Å². The lowest BCUT2D eigenvalue weighted by molar-refractivity contribution is -0.117. The van der Waals surface area contributed by atoms with Crippen LogP contribution in [-0.2, 0) is 4.79 Å². The van der Waals surface area contributed by atoms with Gasteiger partial charge >= 0.3 is 0 Å². The summed E-state index contributed by atoms with van der Waals surface area (Å²) in [5, 5.41) is 2.75. The van der Waals surface area contributed by atoms with E-state index < -0.39 is 0 Å². The van der Waals surface area contributed by atoms with Gasteiger partial charge < -0.3 is 11.1 Å². The normalized spacial score (nSPS) is 27.8. The molecule has 3 unspecified atom stereocenters. The molecule has 1 heterocycles. The van der Waals surface area contributed by atoms with E-state index >= 15 is 0 Å². The van der Waals surface area contributed by atoms with E-state index in [4.69, 9.17) is 5.73 Å². The first kappa shape index (κ1) is 17.2. The lowest BCUT2D eigenvalue weighted by Gasteiger charge is -2.29. The van der Waals surface area contributed by atoms with Crippen LogP contribution in [0.15, 0.2) is 24.3 Å². The fraction of sp³-hybridized carbons (Fsp3) is 0.562. The van der Waals surface area contributed by atoms with Crippen molar-refractivity contribution in [3.05, 3.63) is 30.1 Å². The highest BCUT2D eigenvalue weighted by Crippen LogP contribution is 2.35. The Kier molecular flexibility index (Phi) is 5.78. The minimum Gasteiger partial charge on any atom is -0.327 e. The number of fused-ring (bicyclic) bond motifs is 1. The number of likely N-dealkylation sites (tertiary alicyclic amines) is 1. The van der Waals surface area contributed by atoms with Crippen LogP contribution >= 0.6 is 12.4 Å². The summed E-state index contributed by atoms with van der Waals surface area (Å²) in [4.78, 5) is 14.2. The van der Waals surface area contributed by atoms with E-state index in [0.29, 0.717) is 24.1 Å². The number of carbonyl (C=O) groups is 1. The van der Waals surface area contributed by atoms with E-state index in [1.165, 1.54) is 25.0 Å². The molecule has 1 aromatic carbocycles. The number of anilines is 1. The predicted octanol–water partition coefficient (Wildman–Crippen LogP) is 2.25. The number of hydrogen-bond acceptors (Lipinski definition) is 3.